The Kier molecular flexibility index (Phi) is 8.64. The smallest absolute Gasteiger partial charge is 0.135 e. The SMILES string of the molecule is [2H]C([2H])([2H])C(c1ccc(Nc2ccc3oc4ccc(C(C([2H])([2H])[2H])(C([2H])([2H])[2H])C([2H])([2H])[2H])cc4c3c2)cc1)(C([2H])([2H])[2H])C([2H])([2H])[2H].[2H]C([2H])([2H])c1cc(Cl)cc(Br)c1.[2H]C([2H])([2H])c1cc(Cl)cc(N(c2ccc(C(C)(C)C)cc2)c2ccc3oc4ccc(C(C)(C)C)cc4c3c2)c1. The number of fused-ring (bicyclic) bond motifs is 6. The highest BCUT2D eigenvalue weighted by Crippen LogP contribution is 2.42. The van der Waals surface area contributed by atoms with Crippen LogP contribution in [0.1, 0.15) is 149 Å². The van der Waals surface area contributed by atoms with Gasteiger partial charge in [0.2, 0.25) is 0 Å². The molecule has 376 valence electrons. The number of furan rings is 2. The molecule has 8 aromatic carbocycles. The Morgan fingerprint density at radius 1 is 0.411 bits per heavy atom. The van der Waals surface area contributed by atoms with Crippen molar-refractivity contribution in [3.05, 3.63) is 206 Å². The Morgan fingerprint density at radius 3 is 1.38 bits per heavy atom. The van der Waals surface area contributed by atoms with Gasteiger partial charge in [0.15, 0.2) is 0 Å². The van der Waals surface area contributed by atoms with E-state index in [1.165, 1.54) is 47.5 Å². The molecule has 2 heterocycles. The van der Waals surface area contributed by atoms with Gasteiger partial charge in [-0.2, -0.15) is 0 Å². The third kappa shape index (κ3) is 12.7. The van der Waals surface area contributed by atoms with Gasteiger partial charge in [-0.15, -0.1) is 0 Å². The molecule has 0 fully saturated rings. The summed E-state index contributed by atoms with van der Waals surface area (Å²) < 4.78 is 201. The minimum absolute atomic E-state index is 0.00267. The molecular weight excluding hydrogens is 1000 g/mol. The molecule has 1 N–H and O–H groups in total. The maximum absolute atomic E-state index is 8.02. The van der Waals surface area contributed by atoms with Gasteiger partial charge in [0.25, 0.3) is 0 Å². The Morgan fingerprint density at radius 2 is 0.836 bits per heavy atom. The van der Waals surface area contributed by atoms with Gasteiger partial charge < -0.3 is 19.1 Å². The van der Waals surface area contributed by atoms with Crippen molar-refractivity contribution in [2.24, 2.45) is 0 Å². The van der Waals surface area contributed by atoms with Crippen molar-refractivity contribution in [3.63, 3.8) is 0 Å². The lowest BCUT2D eigenvalue weighted by Crippen LogP contribution is -2.13. The first-order valence-electron chi connectivity index (χ1n) is 35.1. The van der Waals surface area contributed by atoms with Gasteiger partial charge in [0, 0.05) is 97.4 Å². The maximum atomic E-state index is 8.02. The van der Waals surface area contributed by atoms with Gasteiger partial charge in [0.1, 0.15) is 22.3 Å². The Bertz CT molecular complexity index is 4410. The number of anilines is 5. The van der Waals surface area contributed by atoms with E-state index in [4.69, 9.17) is 64.9 Å². The van der Waals surface area contributed by atoms with Crippen LogP contribution in [0.5, 0.6) is 0 Å². The number of nitrogens with zero attached hydrogens (tertiary/aromatic N) is 1. The summed E-state index contributed by atoms with van der Waals surface area (Å²) in [4.78, 5) is 2.06. The second kappa shape index (κ2) is 20.7. The van der Waals surface area contributed by atoms with E-state index in [1.807, 2.05) is 24.3 Å². The van der Waals surface area contributed by atoms with Gasteiger partial charge in [-0.05, 0) is 190 Å². The summed E-state index contributed by atoms with van der Waals surface area (Å²) in [6, 6.07) is 43.7. The fourth-order valence-corrected chi connectivity index (χ4v) is 9.33. The van der Waals surface area contributed by atoms with Gasteiger partial charge in [0.05, 0.1) is 0 Å². The summed E-state index contributed by atoms with van der Waals surface area (Å²) >= 11 is 15.3. The summed E-state index contributed by atoms with van der Waals surface area (Å²) in [5.41, 5.74) is 1.03. The third-order valence-electron chi connectivity index (χ3n) is 12.1. The molecular formula is C66H69BrCl2N2O2. The van der Waals surface area contributed by atoms with E-state index >= 15 is 0 Å². The van der Waals surface area contributed by atoms with Crippen LogP contribution in [-0.2, 0) is 21.7 Å². The Balaban J connectivity index is 0.000000213. The number of hydrogen-bond acceptors (Lipinski definition) is 4. The van der Waals surface area contributed by atoms with E-state index in [2.05, 4.69) is 110 Å². The van der Waals surface area contributed by atoms with E-state index < -0.39 is 76.8 Å². The van der Waals surface area contributed by atoms with Crippen LogP contribution in [0.2, 0.25) is 10.0 Å². The normalized spacial score (nSPS) is 18.4. The molecule has 0 radical (unpaired) electrons. The van der Waals surface area contributed by atoms with Crippen molar-refractivity contribution >= 4 is 111 Å². The maximum Gasteiger partial charge on any atom is 0.135 e. The summed E-state index contributed by atoms with van der Waals surface area (Å²) in [6.45, 7) is -11.8. The van der Waals surface area contributed by atoms with Crippen LogP contribution >= 0.6 is 39.1 Å². The summed E-state index contributed by atoms with van der Waals surface area (Å²) in [7, 11) is 0. The quantitative estimate of drug-likeness (QED) is 0.186. The molecule has 0 aliphatic heterocycles. The van der Waals surface area contributed by atoms with E-state index in [9.17, 15) is 0 Å². The topological polar surface area (TPSA) is 41.6 Å². The molecule has 0 amide bonds. The number of nitrogens with one attached hydrogen (secondary N) is 1. The van der Waals surface area contributed by atoms with E-state index in [1.54, 1.807) is 36.4 Å². The Hall–Kier alpha value is -5.98. The molecule has 10 rings (SSSR count). The molecule has 7 heteroatoms. The van der Waals surface area contributed by atoms with E-state index in [0.717, 1.165) is 51.5 Å². The monoisotopic (exact) mass is 1090 g/mol. The zero-order valence-electron chi connectivity index (χ0n) is 64.9. The minimum Gasteiger partial charge on any atom is -0.456 e. The van der Waals surface area contributed by atoms with Gasteiger partial charge in [-0.25, -0.2) is 0 Å². The molecule has 0 saturated carbocycles. The Labute approximate surface area is 485 Å². The average molecular weight is 1100 g/mol. The minimum atomic E-state index is -3.45. The lowest BCUT2D eigenvalue weighted by atomic mass is 9.86. The molecule has 4 nitrogen and oxygen atoms in total. The molecule has 0 aliphatic carbocycles. The van der Waals surface area contributed by atoms with Crippen molar-refractivity contribution in [1.29, 1.82) is 0 Å². The number of halogens is 3. The molecule has 0 unspecified atom stereocenters. The molecule has 10 aromatic rings. The fraction of sp³-hybridized carbons (Fsp3) is 0.273. The predicted octanol–water partition coefficient (Wildman–Crippen LogP) is 21.9. The predicted molar refractivity (Wildman–Crippen MR) is 320 cm³/mol. The molecule has 73 heavy (non-hydrogen) atoms. The first-order chi connectivity index (χ1) is 44.1. The fourth-order valence-electron chi connectivity index (χ4n) is 8.24. The zero-order chi connectivity index (χ0) is 72.8. The van der Waals surface area contributed by atoms with E-state index in [-0.39, 0.29) is 32.9 Å². The number of benzene rings is 8. The highest BCUT2D eigenvalue weighted by Gasteiger charge is 2.21. The second-order valence-electron chi connectivity index (χ2n) is 20.0. The standard InChI is InChI=1S/C33H34ClNO.C26H29NO.C7H6BrCl/c1-21-16-24(34)19-27(17-21)35(25-11-8-22(9-12-25)32(2,3)4)26-13-15-31-29(20-26)28-18-23(33(5,6)7)10-14-30(28)36-31;1-25(2,3)17-7-10-19(11-8-17)27-20-12-14-24-22(16-20)21-15-18(26(4,5)6)9-13-23(21)28-24;1-5-2-6(8)4-7(9)3-5/h8-20H,1-7H3;7-16,27H,1-6H3;2-4H,1H3/i1D3;1D3,2D3,3D3,4D3,5D3,6D3;1D3. The van der Waals surface area contributed by atoms with Gasteiger partial charge in [-0.1, -0.05) is 158 Å². The third-order valence-corrected chi connectivity index (χ3v) is 13.0. The van der Waals surface area contributed by atoms with Crippen LogP contribution in [0.25, 0.3) is 43.9 Å². The van der Waals surface area contributed by atoms with Crippen LogP contribution in [0.3, 0.4) is 0 Å². The van der Waals surface area contributed by atoms with Crippen molar-refractivity contribution in [3.8, 4) is 0 Å². The second-order valence-corrected chi connectivity index (χ2v) is 21.7. The molecule has 0 spiro atoms. The highest BCUT2D eigenvalue weighted by atomic mass is 79.9. The molecule has 0 atom stereocenters. The van der Waals surface area contributed by atoms with Crippen molar-refractivity contribution < 1.29 is 41.7 Å². The van der Waals surface area contributed by atoms with Gasteiger partial charge in [-0.3, -0.25) is 0 Å². The van der Waals surface area contributed by atoms with Gasteiger partial charge >= 0.3 is 0 Å². The molecule has 0 saturated heterocycles. The first kappa shape index (κ1) is 30.4. The molecule has 0 bridgehead atoms. The number of hydrogen-bond donors (Lipinski definition) is 1. The summed E-state index contributed by atoms with van der Waals surface area (Å²) in [6.07, 6.45) is 0. The highest BCUT2D eigenvalue weighted by molar-refractivity contribution is 9.10. The number of aryl methyl sites for hydroxylation is 2. The van der Waals surface area contributed by atoms with Crippen LogP contribution in [0.15, 0.2) is 171 Å². The largest absolute Gasteiger partial charge is 0.456 e. The van der Waals surface area contributed by atoms with Crippen molar-refractivity contribution in [2.75, 3.05) is 10.2 Å². The lowest BCUT2D eigenvalue weighted by Gasteiger charge is -2.27. The van der Waals surface area contributed by atoms with Crippen molar-refractivity contribution in [2.45, 2.75) is 118 Å². The van der Waals surface area contributed by atoms with Crippen LogP contribution in [-0.4, -0.2) is 0 Å². The van der Waals surface area contributed by atoms with Crippen molar-refractivity contribution in [1.82, 2.24) is 0 Å². The summed E-state index contributed by atoms with van der Waals surface area (Å²) in [5, 5.41) is 6.50. The zero-order valence-corrected chi connectivity index (χ0v) is 44.0. The van der Waals surface area contributed by atoms with E-state index in [0.29, 0.717) is 42.5 Å². The van der Waals surface area contributed by atoms with Crippen LogP contribution in [0, 0.1) is 13.7 Å². The van der Waals surface area contributed by atoms with Crippen LogP contribution < -0.4 is 10.2 Å². The molecule has 2 aromatic heterocycles. The number of rotatable bonds is 5. The molecule has 0 aliphatic rings. The van der Waals surface area contributed by atoms with Crippen LogP contribution in [0.4, 0.5) is 28.4 Å². The average Bonchev–Trinajstić information content (AvgIpc) is 1.26. The summed E-state index contributed by atoms with van der Waals surface area (Å²) in [5.74, 6) is 0. The first-order valence-corrected chi connectivity index (χ1v) is 24.7. The lowest BCUT2D eigenvalue weighted by molar-refractivity contribution is 0.590.